The van der Waals surface area contributed by atoms with Crippen LogP contribution in [-0.4, -0.2) is 47.1 Å². The fourth-order valence-electron chi connectivity index (χ4n) is 1.85. The zero-order valence-electron chi connectivity index (χ0n) is 10.1. The standard InChI is InChI=1S/C10H15F3N2O2S/c1-6(2)8-9(17)14-5-7(16)15(8)3-4-18-10(11,12)13/h6,8H,3-5H2,1-2H3,(H,14,17). The molecule has 1 heterocycles. The van der Waals surface area contributed by atoms with E-state index >= 15 is 0 Å². The smallest absolute Gasteiger partial charge is 0.345 e. The molecule has 0 saturated carbocycles. The molecule has 18 heavy (non-hydrogen) atoms. The number of halogens is 3. The van der Waals surface area contributed by atoms with Gasteiger partial charge in [0.25, 0.3) is 0 Å². The van der Waals surface area contributed by atoms with Crippen LogP contribution in [-0.2, 0) is 9.59 Å². The molecule has 1 aliphatic rings. The Morgan fingerprint density at radius 2 is 2.06 bits per heavy atom. The highest BCUT2D eigenvalue weighted by Crippen LogP contribution is 2.30. The summed E-state index contributed by atoms with van der Waals surface area (Å²) in [5.74, 6) is -1.03. The van der Waals surface area contributed by atoms with Crippen molar-refractivity contribution in [2.45, 2.75) is 25.4 Å². The second-order valence-corrected chi connectivity index (χ2v) is 5.45. The van der Waals surface area contributed by atoms with Crippen LogP contribution in [0.25, 0.3) is 0 Å². The third-order valence-electron chi connectivity index (χ3n) is 2.57. The lowest BCUT2D eigenvalue weighted by molar-refractivity contribution is -0.147. The summed E-state index contributed by atoms with van der Waals surface area (Å²) in [5, 5.41) is 2.44. The topological polar surface area (TPSA) is 49.4 Å². The van der Waals surface area contributed by atoms with Crippen LogP contribution in [0, 0.1) is 5.92 Å². The molecular formula is C10H15F3N2O2S. The molecule has 1 aliphatic heterocycles. The number of nitrogens with one attached hydrogen (secondary N) is 1. The van der Waals surface area contributed by atoms with Crippen LogP contribution in [0.4, 0.5) is 13.2 Å². The van der Waals surface area contributed by atoms with Crippen LogP contribution in [0.1, 0.15) is 13.8 Å². The maximum Gasteiger partial charge on any atom is 0.441 e. The Morgan fingerprint density at radius 1 is 1.44 bits per heavy atom. The molecule has 1 fully saturated rings. The second-order valence-electron chi connectivity index (χ2n) is 4.29. The van der Waals surface area contributed by atoms with E-state index < -0.39 is 11.6 Å². The number of rotatable bonds is 4. The summed E-state index contributed by atoms with van der Waals surface area (Å²) < 4.78 is 36.1. The van der Waals surface area contributed by atoms with Gasteiger partial charge in [-0.3, -0.25) is 9.59 Å². The Balaban J connectivity index is 2.63. The van der Waals surface area contributed by atoms with Crippen LogP contribution < -0.4 is 5.32 Å². The number of hydrogen-bond acceptors (Lipinski definition) is 3. The zero-order valence-corrected chi connectivity index (χ0v) is 10.9. The number of nitrogens with zero attached hydrogens (tertiary/aromatic N) is 1. The number of carbonyl (C=O) groups is 2. The lowest BCUT2D eigenvalue weighted by atomic mass is 9.99. The van der Waals surface area contributed by atoms with Gasteiger partial charge in [-0.05, 0) is 17.7 Å². The molecule has 0 aliphatic carbocycles. The van der Waals surface area contributed by atoms with Crippen molar-refractivity contribution < 1.29 is 22.8 Å². The molecule has 1 rings (SSSR count). The van der Waals surface area contributed by atoms with Gasteiger partial charge in [-0.1, -0.05) is 13.8 Å². The molecule has 1 unspecified atom stereocenters. The summed E-state index contributed by atoms with van der Waals surface area (Å²) in [6.45, 7) is 3.30. The van der Waals surface area contributed by atoms with E-state index in [1.807, 2.05) is 0 Å². The SMILES string of the molecule is CC(C)C1C(=O)NCC(=O)N1CCSC(F)(F)F. The predicted molar refractivity (Wildman–Crippen MR) is 61.9 cm³/mol. The van der Waals surface area contributed by atoms with Crippen molar-refractivity contribution >= 4 is 23.6 Å². The summed E-state index contributed by atoms with van der Waals surface area (Å²) in [6, 6.07) is -0.680. The monoisotopic (exact) mass is 284 g/mol. The minimum absolute atomic E-state index is 0.0702. The minimum Gasteiger partial charge on any atom is -0.345 e. The van der Waals surface area contributed by atoms with E-state index in [1.54, 1.807) is 13.8 Å². The number of hydrogen-bond donors (Lipinski definition) is 1. The van der Waals surface area contributed by atoms with E-state index in [1.165, 1.54) is 4.90 Å². The summed E-state index contributed by atoms with van der Waals surface area (Å²) in [5.41, 5.74) is -4.31. The fourth-order valence-corrected chi connectivity index (χ4v) is 2.37. The average molecular weight is 284 g/mol. The van der Waals surface area contributed by atoms with Crippen molar-refractivity contribution in [3.05, 3.63) is 0 Å². The Hall–Kier alpha value is -0.920. The quantitative estimate of drug-likeness (QED) is 0.844. The molecule has 0 radical (unpaired) electrons. The van der Waals surface area contributed by atoms with Gasteiger partial charge < -0.3 is 10.2 Å². The Kier molecular flexibility index (Phi) is 4.89. The number of carbonyl (C=O) groups excluding carboxylic acids is 2. The van der Waals surface area contributed by atoms with Gasteiger partial charge in [0, 0.05) is 12.3 Å². The van der Waals surface area contributed by atoms with Crippen LogP contribution >= 0.6 is 11.8 Å². The molecular weight excluding hydrogens is 269 g/mol. The Morgan fingerprint density at radius 3 is 2.56 bits per heavy atom. The first-order valence-corrected chi connectivity index (χ1v) is 6.49. The third kappa shape index (κ3) is 4.08. The number of piperazine rings is 1. The van der Waals surface area contributed by atoms with Gasteiger partial charge in [0.1, 0.15) is 6.04 Å². The van der Waals surface area contributed by atoms with Crippen molar-refractivity contribution in [1.82, 2.24) is 10.2 Å². The van der Waals surface area contributed by atoms with Gasteiger partial charge in [0.2, 0.25) is 11.8 Å². The minimum atomic E-state index is -4.31. The largest absolute Gasteiger partial charge is 0.441 e. The van der Waals surface area contributed by atoms with E-state index in [0.29, 0.717) is 0 Å². The molecule has 0 aromatic rings. The highest BCUT2D eigenvalue weighted by Gasteiger charge is 2.37. The van der Waals surface area contributed by atoms with E-state index in [9.17, 15) is 22.8 Å². The highest BCUT2D eigenvalue weighted by molar-refractivity contribution is 8.00. The Bertz CT molecular complexity index is 334. The van der Waals surface area contributed by atoms with Gasteiger partial charge in [0.05, 0.1) is 6.54 Å². The van der Waals surface area contributed by atoms with E-state index in [-0.39, 0.29) is 48.3 Å². The van der Waals surface area contributed by atoms with Crippen molar-refractivity contribution in [3.8, 4) is 0 Å². The van der Waals surface area contributed by atoms with Gasteiger partial charge in [-0.25, -0.2) is 0 Å². The van der Waals surface area contributed by atoms with Crippen molar-refractivity contribution in [2.24, 2.45) is 5.92 Å². The molecule has 0 bridgehead atoms. The molecule has 0 spiro atoms. The fraction of sp³-hybridized carbons (Fsp3) is 0.800. The molecule has 4 nitrogen and oxygen atoms in total. The molecule has 2 amide bonds. The van der Waals surface area contributed by atoms with Gasteiger partial charge in [0.15, 0.2) is 0 Å². The van der Waals surface area contributed by atoms with Crippen LogP contribution in [0.5, 0.6) is 0 Å². The van der Waals surface area contributed by atoms with E-state index in [4.69, 9.17) is 0 Å². The van der Waals surface area contributed by atoms with Gasteiger partial charge in [-0.15, -0.1) is 0 Å². The summed E-state index contributed by atoms with van der Waals surface area (Å²) in [6.07, 6.45) is 0. The second kappa shape index (κ2) is 5.81. The summed E-state index contributed by atoms with van der Waals surface area (Å²) in [4.78, 5) is 24.5. The Labute approximate surface area is 107 Å². The highest BCUT2D eigenvalue weighted by atomic mass is 32.2. The molecule has 8 heteroatoms. The number of alkyl halides is 3. The van der Waals surface area contributed by atoms with Crippen molar-refractivity contribution in [3.63, 3.8) is 0 Å². The number of thioether (sulfide) groups is 1. The van der Waals surface area contributed by atoms with Crippen molar-refractivity contribution in [2.75, 3.05) is 18.8 Å². The lowest BCUT2D eigenvalue weighted by Gasteiger charge is -2.37. The molecule has 104 valence electrons. The predicted octanol–water partition coefficient (Wildman–Crippen LogP) is 1.22. The molecule has 1 N–H and O–H groups in total. The molecule has 0 aromatic carbocycles. The first-order chi connectivity index (χ1) is 8.22. The van der Waals surface area contributed by atoms with Gasteiger partial charge in [-0.2, -0.15) is 13.2 Å². The average Bonchev–Trinajstić information content (AvgIpc) is 2.20. The van der Waals surface area contributed by atoms with Crippen molar-refractivity contribution in [1.29, 1.82) is 0 Å². The lowest BCUT2D eigenvalue weighted by Crippen LogP contribution is -2.60. The summed E-state index contributed by atoms with van der Waals surface area (Å²) in [7, 11) is 0. The molecule has 1 atom stereocenters. The van der Waals surface area contributed by atoms with Crippen LogP contribution in [0.2, 0.25) is 0 Å². The molecule has 0 aromatic heterocycles. The first kappa shape index (κ1) is 15.1. The summed E-state index contributed by atoms with van der Waals surface area (Å²) >= 11 is -0.181. The van der Waals surface area contributed by atoms with Gasteiger partial charge >= 0.3 is 5.51 Å². The van der Waals surface area contributed by atoms with Crippen LogP contribution in [0.15, 0.2) is 0 Å². The van der Waals surface area contributed by atoms with E-state index in [2.05, 4.69) is 5.32 Å². The zero-order chi connectivity index (χ0) is 13.9. The normalized spacial score (nSPS) is 21.4. The number of amides is 2. The maximum absolute atomic E-state index is 12.0. The van der Waals surface area contributed by atoms with Crippen LogP contribution in [0.3, 0.4) is 0 Å². The maximum atomic E-state index is 12.0. The first-order valence-electron chi connectivity index (χ1n) is 5.50. The third-order valence-corrected chi connectivity index (χ3v) is 3.28. The van der Waals surface area contributed by atoms with E-state index in [0.717, 1.165) is 0 Å². The molecule has 1 saturated heterocycles.